The lowest BCUT2D eigenvalue weighted by Gasteiger charge is -2.11. The average Bonchev–Trinajstić information content (AvgIpc) is 3.17. The Balaban J connectivity index is 1.88. The zero-order valence-electron chi connectivity index (χ0n) is 14.4. The molecule has 0 bridgehead atoms. The fourth-order valence-electron chi connectivity index (χ4n) is 2.46. The number of nitrogens with zero attached hydrogens (tertiary/aromatic N) is 1. The Kier molecular flexibility index (Phi) is 4.98. The van der Waals surface area contributed by atoms with Crippen LogP contribution in [-0.4, -0.2) is 24.0 Å². The SMILES string of the molecule is COC(=O)c1cc(NC(=O)c2ccc(-c3ccco3)nc2C)c(F)cc1F. The molecular formula is C19H14F2N2O4. The lowest BCUT2D eigenvalue weighted by atomic mass is 10.1. The molecule has 0 aliphatic carbocycles. The number of hydrogen-bond acceptors (Lipinski definition) is 5. The summed E-state index contributed by atoms with van der Waals surface area (Å²) in [4.78, 5) is 28.3. The Hall–Kier alpha value is -3.55. The van der Waals surface area contributed by atoms with E-state index in [0.29, 0.717) is 23.2 Å². The van der Waals surface area contributed by atoms with Crippen LogP contribution >= 0.6 is 0 Å². The van der Waals surface area contributed by atoms with Gasteiger partial charge in [-0.25, -0.2) is 18.6 Å². The standard InChI is InChI=1S/C19H14F2N2O4/c1-10-11(5-6-15(22-10)17-4-3-7-27-17)18(24)23-16-8-12(19(25)26-2)13(20)9-14(16)21/h3-9H,1-2H3,(H,23,24). The number of rotatable bonds is 4. The predicted octanol–water partition coefficient (Wildman–Crippen LogP) is 3.97. The predicted molar refractivity (Wildman–Crippen MR) is 92.3 cm³/mol. The number of aromatic nitrogens is 1. The van der Waals surface area contributed by atoms with Gasteiger partial charge < -0.3 is 14.5 Å². The number of hydrogen-bond donors (Lipinski definition) is 1. The second-order valence-electron chi connectivity index (χ2n) is 5.56. The van der Waals surface area contributed by atoms with Crippen LogP contribution < -0.4 is 5.32 Å². The van der Waals surface area contributed by atoms with Gasteiger partial charge in [-0.2, -0.15) is 0 Å². The van der Waals surface area contributed by atoms with Crippen molar-refractivity contribution in [1.29, 1.82) is 0 Å². The van der Waals surface area contributed by atoms with E-state index in [4.69, 9.17) is 4.42 Å². The molecule has 6 nitrogen and oxygen atoms in total. The number of halogens is 2. The molecule has 138 valence electrons. The summed E-state index contributed by atoms with van der Waals surface area (Å²) in [6.07, 6.45) is 1.50. The highest BCUT2D eigenvalue weighted by Gasteiger charge is 2.19. The topological polar surface area (TPSA) is 81.4 Å². The Morgan fingerprint density at radius 1 is 1.11 bits per heavy atom. The molecule has 0 fully saturated rings. The van der Waals surface area contributed by atoms with Gasteiger partial charge in [-0.05, 0) is 37.3 Å². The molecule has 1 N–H and O–H groups in total. The van der Waals surface area contributed by atoms with E-state index in [2.05, 4.69) is 15.0 Å². The van der Waals surface area contributed by atoms with Gasteiger partial charge in [0.15, 0.2) is 5.76 Å². The number of carbonyl (C=O) groups excluding carboxylic acids is 2. The minimum atomic E-state index is -1.09. The van der Waals surface area contributed by atoms with Gasteiger partial charge in [0.05, 0.1) is 35.9 Å². The Bertz CT molecular complexity index is 1020. The maximum atomic E-state index is 14.0. The van der Waals surface area contributed by atoms with Crippen LogP contribution in [0.15, 0.2) is 47.1 Å². The zero-order chi connectivity index (χ0) is 19.6. The van der Waals surface area contributed by atoms with Crippen molar-refractivity contribution in [1.82, 2.24) is 4.98 Å². The van der Waals surface area contributed by atoms with Gasteiger partial charge in [0.1, 0.15) is 17.3 Å². The number of nitrogens with one attached hydrogen (secondary N) is 1. The molecule has 8 heteroatoms. The van der Waals surface area contributed by atoms with Crippen molar-refractivity contribution in [2.24, 2.45) is 0 Å². The van der Waals surface area contributed by atoms with Crippen molar-refractivity contribution in [3.05, 3.63) is 71.1 Å². The third-order valence-electron chi connectivity index (χ3n) is 3.81. The third-order valence-corrected chi connectivity index (χ3v) is 3.81. The van der Waals surface area contributed by atoms with Crippen molar-refractivity contribution in [2.45, 2.75) is 6.92 Å². The summed E-state index contributed by atoms with van der Waals surface area (Å²) in [6, 6.07) is 7.92. The average molecular weight is 372 g/mol. The number of anilines is 1. The number of benzene rings is 1. The lowest BCUT2D eigenvalue weighted by molar-refractivity contribution is 0.0595. The molecule has 0 atom stereocenters. The molecule has 27 heavy (non-hydrogen) atoms. The highest BCUT2D eigenvalue weighted by Crippen LogP contribution is 2.23. The summed E-state index contributed by atoms with van der Waals surface area (Å²) < 4.78 is 37.4. The molecule has 0 unspecified atom stereocenters. The number of amides is 1. The number of methoxy groups -OCH3 is 1. The lowest BCUT2D eigenvalue weighted by Crippen LogP contribution is -2.16. The van der Waals surface area contributed by atoms with Crippen molar-refractivity contribution in [2.75, 3.05) is 12.4 Å². The summed E-state index contributed by atoms with van der Waals surface area (Å²) in [5.74, 6) is -3.21. The Morgan fingerprint density at radius 2 is 1.89 bits per heavy atom. The second kappa shape index (κ2) is 7.36. The molecule has 0 aliphatic rings. The molecule has 1 aromatic carbocycles. The molecule has 3 rings (SSSR count). The number of aryl methyl sites for hydroxylation is 1. The molecule has 2 heterocycles. The molecule has 0 saturated heterocycles. The maximum Gasteiger partial charge on any atom is 0.340 e. The molecule has 0 aliphatic heterocycles. The largest absolute Gasteiger partial charge is 0.465 e. The van der Waals surface area contributed by atoms with E-state index in [1.165, 1.54) is 12.3 Å². The fraction of sp³-hybridized carbons (Fsp3) is 0.105. The van der Waals surface area contributed by atoms with E-state index in [-0.39, 0.29) is 11.3 Å². The van der Waals surface area contributed by atoms with E-state index in [0.717, 1.165) is 13.2 Å². The highest BCUT2D eigenvalue weighted by molar-refractivity contribution is 6.05. The van der Waals surface area contributed by atoms with Gasteiger partial charge in [-0.1, -0.05) is 0 Å². The summed E-state index contributed by atoms with van der Waals surface area (Å²) in [6.45, 7) is 1.61. The van der Waals surface area contributed by atoms with E-state index >= 15 is 0 Å². The van der Waals surface area contributed by atoms with Crippen LogP contribution in [0.1, 0.15) is 26.4 Å². The van der Waals surface area contributed by atoms with Crippen molar-refractivity contribution in [3.63, 3.8) is 0 Å². The van der Waals surface area contributed by atoms with E-state index in [1.807, 2.05) is 0 Å². The number of carbonyl (C=O) groups is 2. The minimum Gasteiger partial charge on any atom is -0.465 e. The van der Waals surface area contributed by atoms with Gasteiger partial charge in [0, 0.05) is 6.07 Å². The van der Waals surface area contributed by atoms with Crippen molar-refractivity contribution in [3.8, 4) is 11.5 Å². The van der Waals surface area contributed by atoms with Gasteiger partial charge in [0.2, 0.25) is 0 Å². The summed E-state index contributed by atoms with van der Waals surface area (Å²) in [7, 11) is 1.07. The highest BCUT2D eigenvalue weighted by atomic mass is 19.1. The van der Waals surface area contributed by atoms with E-state index in [9.17, 15) is 18.4 Å². The van der Waals surface area contributed by atoms with Gasteiger partial charge in [-0.3, -0.25) is 4.79 Å². The van der Waals surface area contributed by atoms with Crippen molar-refractivity contribution < 1.29 is 27.5 Å². The van der Waals surface area contributed by atoms with Crippen LogP contribution in [-0.2, 0) is 4.74 Å². The first-order valence-corrected chi connectivity index (χ1v) is 7.81. The van der Waals surface area contributed by atoms with Crippen LogP contribution in [0.25, 0.3) is 11.5 Å². The van der Waals surface area contributed by atoms with Crippen LogP contribution in [0.2, 0.25) is 0 Å². The summed E-state index contributed by atoms with van der Waals surface area (Å²) in [5.41, 5.74) is 0.272. The fourth-order valence-corrected chi connectivity index (χ4v) is 2.46. The molecule has 0 saturated carbocycles. The number of furan rings is 1. The number of pyridine rings is 1. The normalized spacial score (nSPS) is 10.5. The third kappa shape index (κ3) is 3.69. The first-order valence-electron chi connectivity index (χ1n) is 7.81. The van der Waals surface area contributed by atoms with Crippen molar-refractivity contribution >= 4 is 17.6 Å². The number of ether oxygens (including phenoxy) is 1. The quantitative estimate of drug-likeness (QED) is 0.701. The molecular weight excluding hydrogens is 358 g/mol. The Morgan fingerprint density at radius 3 is 2.52 bits per heavy atom. The monoisotopic (exact) mass is 372 g/mol. The smallest absolute Gasteiger partial charge is 0.340 e. The zero-order valence-corrected chi connectivity index (χ0v) is 14.4. The molecule has 2 aromatic heterocycles. The Labute approximate surface area is 152 Å². The molecule has 0 radical (unpaired) electrons. The maximum absolute atomic E-state index is 14.0. The van der Waals surface area contributed by atoms with Crippen LogP contribution in [0.4, 0.5) is 14.5 Å². The number of esters is 1. The molecule has 3 aromatic rings. The summed E-state index contributed by atoms with van der Waals surface area (Å²) in [5, 5.41) is 2.32. The first kappa shape index (κ1) is 18.2. The van der Waals surface area contributed by atoms with Gasteiger partial charge in [-0.15, -0.1) is 0 Å². The second-order valence-corrected chi connectivity index (χ2v) is 5.56. The van der Waals surface area contributed by atoms with E-state index in [1.54, 1.807) is 25.1 Å². The molecule has 1 amide bonds. The van der Waals surface area contributed by atoms with Gasteiger partial charge >= 0.3 is 5.97 Å². The summed E-state index contributed by atoms with van der Waals surface area (Å²) >= 11 is 0. The van der Waals surface area contributed by atoms with Gasteiger partial charge in [0.25, 0.3) is 5.91 Å². The van der Waals surface area contributed by atoms with Crippen LogP contribution in [0, 0.1) is 18.6 Å². The van der Waals surface area contributed by atoms with Crippen LogP contribution in [0.3, 0.4) is 0 Å². The van der Waals surface area contributed by atoms with Crippen LogP contribution in [0.5, 0.6) is 0 Å². The molecule has 0 spiro atoms. The van der Waals surface area contributed by atoms with E-state index < -0.39 is 29.1 Å². The minimum absolute atomic E-state index is 0.189. The first-order chi connectivity index (χ1) is 12.9.